The summed E-state index contributed by atoms with van der Waals surface area (Å²) in [6, 6.07) is 4.07. The van der Waals surface area contributed by atoms with E-state index in [4.69, 9.17) is 10.5 Å². The van der Waals surface area contributed by atoms with Crippen LogP contribution in [0.4, 0.5) is 0 Å². The summed E-state index contributed by atoms with van der Waals surface area (Å²) in [5.74, 6) is 0.823. The van der Waals surface area contributed by atoms with Crippen LogP contribution in [0.5, 0.6) is 5.75 Å². The van der Waals surface area contributed by atoms with Crippen molar-refractivity contribution >= 4 is 67.8 Å². The lowest BCUT2D eigenvalue weighted by atomic mass is 10.3. The molecular formula is C9H10I3NO2. The van der Waals surface area contributed by atoms with Gasteiger partial charge >= 0.3 is 0 Å². The zero-order valence-corrected chi connectivity index (χ0v) is 14.2. The highest BCUT2D eigenvalue weighted by molar-refractivity contribution is 14.1. The number of hydrogen-bond donors (Lipinski definition) is 2. The van der Waals surface area contributed by atoms with Gasteiger partial charge in [-0.3, -0.25) is 0 Å². The molecule has 0 fully saturated rings. The van der Waals surface area contributed by atoms with Gasteiger partial charge in [0, 0.05) is 10.1 Å². The Morgan fingerprint density at radius 1 is 1.27 bits per heavy atom. The summed E-state index contributed by atoms with van der Waals surface area (Å²) < 4.78 is 8.80. The molecule has 0 heterocycles. The number of halogens is 3. The van der Waals surface area contributed by atoms with E-state index in [2.05, 4.69) is 67.8 Å². The monoisotopic (exact) mass is 545 g/mol. The first-order chi connectivity index (χ1) is 7.04. The fourth-order valence-electron chi connectivity index (χ4n) is 0.914. The van der Waals surface area contributed by atoms with Crippen LogP contribution < -0.4 is 10.5 Å². The molecule has 0 amide bonds. The highest BCUT2D eigenvalue weighted by Crippen LogP contribution is 2.29. The number of nitrogens with two attached hydrogens (primary N) is 1. The minimum Gasteiger partial charge on any atom is -0.489 e. The summed E-state index contributed by atoms with van der Waals surface area (Å²) in [4.78, 5) is 0. The maximum atomic E-state index is 9.30. The molecule has 1 aromatic carbocycles. The van der Waals surface area contributed by atoms with Crippen molar-refractivity contribution in [3.8, 4) is 5.75 Å². The molecule has 15 heavy (non-hydrogen) atoms. The van der Waals surface area contributed by atoms with E-state index in [9.17, 15) is 5.11 Å². The van der Waals surface area contributed by atoms with Crippen molar-refractivity contribution in [2.24, 2.45) is 5.73 Å². The van der Waals surface area contributed by atoms with E-state index in [-0.39, 0.29) is 13.2 Å². The molecule has 0 radical (unpaired) electrons. The lowest BCUT2D eigenvalue weighted by Gasteiger charge is -2.13. The molecular weight excluding hydrogens is 535 g/mol. The highest BCUT2D eigenvalue weighted by atomic mass is 127. The predicted molar refractivity (Wildman–Crippen MR) is 85.1 cm³/mol. The summed E-state index contributed by atoms with van der Waals surface area (Å²) in [5, 5.41) is 9.30. The minimum atomic E-state index is -0.601. The maximum Gasteiger partial charge on any atom is 0.146 e. The lowest BCUT2D eigenvalue weighted by molar-refractivity contribution is 0.113. The Hall–Kier alpha value is 1.13. The Morgan fingerprint density at radius 2 is 1.80 bits per heavy atom. The second-order valence-electron chi connectivity index (χ2n) is 2.90. The van der Waals surface area contributed by atoms with E-state index < -0.39 is 6.10 Å². The molecule has 6 heteroatoms. The summed E-state index contributed by atoms with van der Waals surface area (Å²) >= 11 is 6.71. The molecule has 0 spiro atoms. The molecule has 0 aliphatic heterocycles. The second kappa shape index (κ2) is 6.77. The summed E-state index contributed by atoms with van der Waals surface area (Å²) in [6.45, 7) is 0.459. The van der Waals surface area contributed by atoms with Gasteiger partial charge in [-0.05, 0) is 79.9 Å². The Kier molecular flexibility index (Phi) is 6.40. The number of benzene rings is 1. The maximum absolute atomic E-state index is 9.30. The number of ether oxygens (including phenoxy) is 1. The van der Waals surface area contributed by atoms with Gasteiger partial charge in [0.05, 0.1) is 7.14 Å². The van der Waals surface area contributed by atoms with Gasteiger partial charge in [0.1, 0.15) is 18.5 Å². The molecule has 0 aliphatic carbocycles. The van der Waals surface area contributed by atoms with Gasteiger partial charge in [-0.2, -0.15) is 0 Å². The van der Waals surface area contributed by atoms with E-state index >= 15 is 0 Å². The van der Waals surface area contributed by atoms with Gasteiger partial charge in [0.2, 0.25) is 0 Å². The van der Waals surface area contributed by atoms with Crippen molar-refractivity contribution in [2.75, 3.05) is 13.2 Å². The van der Waals surface area contributed by atoms with Gasteiger partial charge in [-0.25, -0.2) is 0 Å². The van der Waals surface area contributed by atoms with E-state index in [0.29, 0.717) is 0 Å². The zero-order valence-electron chi connectivity index (χ0n) is 7.71. The van der Waals surface area contributed by atoms with Crippen molar-refractivity contribution in [1.29, 1.82) is 0 Å². The first-order valence-electron chi connectivity index (χ1n) is 4.20. The fraction of sp³-hybridized carbons (Fsp3) is 0.333. The van der Waals surface area contributed by atoms with Crippen LogP contribution >= 0.6 is 67.8 Å². The van der Waals surface area contributed by atoms with Gasteiger partial charge in [-0.15, -0.1) is 0 Å². The number of rotatable bonds is 4. The topological polar surface area (TPSA) is 55.5 Å². The lowest BCUT2D eigenvalue weighted by Crippen LogP contribution is -2.26. The Bertz CT molecular complexity index is 323. The van der Waals surface area contributed by atoms with Crippen LogP contribution in [-0.4, -0.2) is 24.4 Å². The van der Waals surface area contributed by atoms with Crippen molar-refractivity contribution in [3.63, 3.8) is 0 Å². The highest BCUT2D eigenvalue weighted by Gasteiger charge is 2.10. The van der Waals surface area contributed by atoms with Crippen molar-refractivity contribution in [2.45, 2.75) is 6.10 Å². The van der Waals surface area contributed by atoms with Gasteiger partial charge < -0.3 is 15.6 Å². The first-order valence-corrected chi connectivity index (χ1v) is 7.43. The van der Waals surface area contributed by atoms with E-state index in [1.54, 1.807) is 0 Å². The molecule has 3 N–H and O–H groups in total. The van der Waals surface area contributed by atoms with Crippen LogP contribution in [0.25, 0.3) is 0 Å². The predicted octanol–water partition coefficient (Wildman–Crippen LogP) is 2.20. The van der Waals surface area contributed by atoms with E-state index in [1.165, 1.54) is 3.57 Å². The van der Waals surface area contributed by atoms with Gasteiger partial charge in [-0.1, -0.05) is 0 Å². The summed E-state index contributed by atoms with van der Waals surface area (Å²) in [7, 11) is 0. The quantitative estimate of drug-likeness (QED) is 0.572. The summed E-state index contributed by atoms with van der Waals surface area (Å²) in [6.07, 6.45) is -0.601. The number of aliphatic hydroxyl groups is 1. The average Bonchev–Trinajstić information content (AvgIpc) is 2.15. The molecule has 1 aromatic rings. The van der Waals surface area contributed by atoms with Crippen LogP contribution in [0.1, 0.15) is 0 Å². The fourth-order valence-corrected chi connectivity index (χ4v) is 4.81. The second-order valence-corrected chi connectivity index (χ2v) is 6.47. The molecule has 1 atom stereocenters. The molecule has 0 saturated heterocycles. The Labute approximate surface area is 130 Å². The Balaban J connectivity index is 2.77. The molecule has 1 unspecified atom stereocenters. The van der Waals surface area contributed by atoms with Crippen molar-refractivity contribution in [3.05, 3.63) is 22.8 Å². The Morgan fingerprint density at radius 3 is 2.27 bits per heavy atom. The molecule has 0 aromatic heterocycles. The number of aliphatic hydroxyl groups excluding tert-OH is 1. The first kappa shape index (κ1) is 14.2. The SMILES string of the molecule is NCC(O)COc1c(I)cc(I)cc1I. The van der Waals surface area contributed by atoms with E-state index in [0.717, 1.165) is 12.9 Å². The third kappa shape index (κ3) is 4.48. The molecule has 0 bridgehead atoms. The third-order valence-corrected chi connectivity index (χ3v) is 3.88. The minimum absolute atomic E-state index is 0.220. The molecule has 0 aliphatic rings. The van der Waals surface area contributed by atoms with Gasteiger partial charge in [0.15, 0.2) is 0 Å². The van der Waals surface area contributed by atoms with Crippen LogP contribution in [0.15, 0.2) is 12.1 Å². The number of hydrogen-bond acceptors (Lipinski definition) is 3. The van der Waals surface area contributed by atoms with Crippen LogP contribution in [-0.2, 0) is 0 Å². The third-order valence-electron chi connectivity index (χ3n) is 1.66. The normalized spacial score (nSPS) is 12.6. The van der Waals surface area contributed by atoms with Crippen molar-refractivity contribution in [1.82, 2.24) is 0 Å². The zero-order chi connectivity index (χ0) is 11.4. The summed E-state index contributed by atoms with van der Waals surface area (Å²) in [5.41, 5.74) is 5.30. The standard InChI is InChI=1S/C9H10I3NO2/c10-5-1-7(11)9(8(12)2-5)15-4-6(14)3-13/h1-2,6,14H,3-4,13H2. The van der Waals surface area contributed by atoms with Gasteiger partial charge in [0.25, 0.3) is 0 Å². The molecule has 1 rings (SSSR count). The van der Waals surface area contributed by atoms with Crippen LogP contribution in [0.2, 0.25) is 0 Å². The molecule has 3 nitrogen and oxygen atoms in total. The molecule has 0 saturated carbocycles. The smallest absolute Gasteiger partial charge is 0.146 e. The van der Waals surface area contributed by atoms with Crippen LogP contribution in [0, 0.1) is 10.7 Å². The molecule has 84 valence electrons. The van der Waals surface area contributed by atoms with Crippen molar-refractivity contribution < 1.29 is 9.84 Å². The van der Waals surface area contributed by atoms with Crippen LogP contribution in [0.3, 0.4) is 0 Å². The largest absolute Gasteiger partial charge is 0.489 e. The average molecular weight is 545 g/mol. The van der Waals surface area contributed by atoms with E-state index in [1.807, 2.05) is 12.1 Å².